The van der Waals surface area contributed by atoms with Gasteiger partial charge in [0.2, 0.25) is 0 Å². The lowest BCUT2D eigenvalue weighted by Crippen LogP contribution is -2.27. The smallest absolute Gasteiger partial charge is 0.254 e. The fourth-order valence-electron chi connectivity index (χ4n) is 4.49. The molecule has 0 radical (unpaired) electrons. The van der Waals surface area contributed by atoms with Crippen LogP contribution >= 0.6 is 0 Å². The Bertz CT molecular complexity index is 1490. The average molecular weight is 532 g/mol. The number of nitrogens with one attached hydrogen (secondary N) is 1. The number of rotatable bonds is 10. The van der Waals surface area contributed by atoms with E-state index in [9.17, 15) is 15.0 Å². The van der Waals surface area contributed by atoms with Crippen LogP contribution in [0.1, 0.15) is 48.0 Å². The van der Waals surface area contributed by atoms with Crippen molar-refractivity contribution in [3.05, 3.63) is 71.0 Å². The molecule has 206 valence electrons. The van der Waals surface area contributed by atoms with E-state index in [-0.39, 0.29) is 11.7 Å². The van der Waals surface area contributed by atoms with Gasteiger partial charge in [-0.2, -0.15) is 5.10 Å². The average Bonchev–Trinajstić information content (AvgIpc) is 3.26. The minimum Gasteiger partial charge on any atom is -0.504 e. The first-order valence-corrected chi connectivity index (χ1v) is 13.1. The van der Waals surface area contributed by atoms with E-state index in [1.165, 1.54) is 0 Å². The molecule has 0 unspecified atom stereocenters. The molecule has 0 spiro atoms. The summed E-state index contributed by atoms with van der Waals surface area (Å²) >= 11 is 0. The second-order valence-electron chi connectivity index (χ2n) is 10.2. The van der Waals surface area contributed by atoms with Gasteiger partial charge in [-0.15, -0.1) is 0 Å². The van der Waals surface area contributed by atoms with Gasteiger partial charge in [-0.1, -0.05) is 6.07 Å². The maximum absolute atomic E-state index is 13.9. The Morgan fingerprint density at radius 1 is 1.18 bits per heavy atom. The van der Waals surface area contributed by atoms with Crippen LogP contribution in [0.25, 0.3) is 22.2 Å². The summed E-state index contributed by atoms with van der Waals surface area (Å²) in [5.74, 6) is 0.191. The number of carbonyl (C=O) groups is 1. The van der Waals surface area contributed by atoms with Gasteiger partial charge in [0, 0.05) is 48.9 Å². The van der Waals surface area contributed by atoms with Gasteiger partial charge in [0.05, 0.1) is 28.6 Å². The number of nitrogens with zero attached hydrogens (tertiary/aromatic N) is 4. The van der Waals surface area contributed by atoms with E-state index in [2.05, 4.69) is 10.4 Å². The van der Waals surface area contributed by atoms with Crippen molar-refractivity contribution in [3.63, 3.8) is 0 Å². The summed E-state index contributed by atoms with van der Waals surface area (Å²) < 4.78 is 7.53. The maximum Gasteiger partial charge on any atom is 0.254 e. The second-order valence-corrected chi connectivity index (χ2v) is 10.2. The number of pyridine rings is 1. The number of aryl methyl sites for hydroxylation is 1. The molecule has 3 N–H and O–H groups in total. The van der Waals surface area contributed by atoms with Crippen molar-refractivity contribution in [1.82, 2.24) is 25.0 Å². The zero-order chi connectivity index (χ0) is 28.3. The highest BCUT2D eigenvalue weighted by molar-refractivity contribution is 6.07. The number of aromatic hydroxyl groups is 1. The first-order chi connectivity index (χ1) is 18.5. The lowest BCUT2D eigenvalue weighted by Gasteiger charge is -2.21. The van der Waals surface area contributed by atoms with Crippen molar-refractivity contribution in [2.75, 3.05) is 27.2 Å². The normalized spacial score (nSPS) is 11.7. The SMILES string of the molecule is CCn1ncc(CN(C)C(=O)c2cc(-c3ccc(OCCNC)c(O)c3)nc3ccc(C(C)(C)O)cc23)c1C. The molecule has 2 aromatic heterocycles. The third-order valence-electron chi connectivity index (χ3n) is 6.87. The van der Waals surface area contributed by atoms with Crippen LogP contribution in [0.3, 0.4) is 0 Å². The van der Waals surface area contributed by atoms with Gasteiger partial charge in [-0.25, -0.2) is 4.98 Å². The first-order valence-electron chi connectivity index (χ1n) is 13.1. The van der Waals surface area contributed by atoms with E-state index in [0.29, 0.717) is 58.7 Å². The van der Waals surface area contributed by atoms with Crippen LogP contribution in [0.15, 0.2) is 48.7 Å². The topological polar surface area (TPSA) is 113 Å². The molecule has 0 saturated heterocycles. The number of hydrogen-bond donors (Lipinski definition) is 3. The minimum absolute atomic E-state index is 0.00344. The number of phenols is 1. The molecule has 0 aliphatic rings. The Morgan fingerprint density at radius 3 is 2.59 bits per heavy atom. The molecule has 1 amide bonds. The van der Waals surface area contributed by atoms with Crippen LogP contribution in [-0.4, -0.2) is 63.0 Å². The zero-order valence-electron chi connectivity index (χ0n) is 23.4. The Labute approximate surface area is 229 Å². The Balaban J connectivity index is 1.77. The Morgan fingerprint density at radius 2 is 1.95 bits per heavy atom. The Hall–Kier alpha value is -3.95. The fraction of sp³-hybridized carbons (Fsp3) is 0.367. The summed E-state index contributed by atoms with van der Waals surface area (Å²) in [7, 11) is 3.59. The van der Waals surface area contributed by atoms with Crippen molar-refractivity contribution in [1.29, 1.82) is 0 Å². The van der Waals surface area contributed by atoms with E-state index >= 15 is 0 Å². The molecule has 0 saturated carbocycles. The number of aliphatic hydroxyl groups is 1. The van der Waals surface area contributed by atoms with Crippen molar-refractivity contribution < 1.29 is 19.7 Å². The lowest BCUT2D eigenvalue weighted by atomic mass is 9.94. The molecule has 39 heavy (non-hydrogen) atoms. The van der Waals surface area contributed by atoms with E-state index in [1.54, 1.807) is 50.2 Å². The van der Waals surface area contributed by atoms with Crippen LogP contribution in [0.4, 0.5) is 0 Å². The molecule has 0 fully saturated rings. The summed E-state index contributed by atoms with van der Waals surface area (Å²) in [6, 6.07) is 12.3. The summed E-state index contributed by atoms with van der Waals surface area (Å²) in [5, 5.41) is 29.3. The van der Waals surface area contributed by atoms with E-state index in [4.69, 9.17) is 9.72 Å². The van der Waals surface area contributed by atoms with Gasteiger partial charge < -0.3 is 25.2 Å². The van der Waals surface area contributed by atoms with Gasteiger partial charge >= 0.3 is 0 Å². The number of carbonyl (C=O) groups excluding carboxylic acids is 1. The monoisotopic (exact) mass is 531 g/mol. The zero-order valence-corrected chi connectivity index (χ0v) is 23.4. The highest BCUT2D eigenvalue weighted by Crippen LogP contribution is 2.34. The van der Waals surface area contributed by atoms with Crippen molar-refractivity contribution in [2.24, 2.45) is 0 Å². The third-order valence-corrected chi connectivity index (χ3v) is 6.87. The molecule has 2 aromatic carbocycles. The largest absolute Gasteiger partial charge is 0.504 e. The third kappa shape index (κ3) is 6.05. The highest BCUT2D eigenvalue weighted by Gasteiger charge is 2.22. The molecular formula is C30H37N5O4. The summed E-state index contributed by atoms with van der Waals surface area (Å²) in [5.41, 5.74) is 3.86. The molecule has 4 aromatic rings. The number of hydrogen-bond acceptors (Lipinski definition) is 7. The lowest BCUT2D eigenvalue weighted by molar-refractivity contribution is 0.0775. The quantitative estimate of drug-likeness (QED) is 0.263. The number of aromatic nitrogens is 3. The van der Waals surface area contributed by atoms with E-state index in [0.717, 1.165) is 17.8 Å². The molecule has 2 heterocycles. The molecule has 0 aliphatic heterocycles. The van der Waals surface area contributed by atoms with Crippen LogP contribution in [0, 0.1) is 6.92 Å². The Kier molecular flexibility index (Phi) is 8.22. The van der Waals surface area contributed by atoms with Crippen LogP contribution in [0.5, 0.6) is 11.5 Å². The van der Waals surface area contributed by atoms with Crippen molar-refractivity contribution in [2.45, 2.75) is 46.4 Å². The number of ether oxygens (including phenoxy) is 1. The van der Waals surface area contributed by atoms with Crippen LogP contribution < -0.4 is 10.1 Å². The molecule has 4 rings (SSSR count). The van der Waals surface area contributed by atoms with Gasteiger partial charge in [0.15, 0.2) is 11.5 Å². The summed E-state index contributed by atoms with van der Waals surface area (Å²) in [6.45, 7) is 9.67. The van der Waals surface area contributed by atoms with Gasteiger partial charge in [-0.3, -0.25) is 9.48 Å². The number of likely N-dealkylation sites (N-methyl/N-ethyl adjacent to an activating group) is 1. The van der Waals surface area contributed by atoms with Crippen molar-refractivity contribution in [3.8, 4) is 22.8 Å². The number of phenolic OH excluding ortho intramolecular Hbond substituents is 1. The highest BCUT2D eigenvalue weighted by atomic mass is 16.5. The molecule has 0 aliphatic carbocycles. The van der Waals surface area contributed by atoms with E-state index < -0.39 is 5.60 Å². The minimum atomic E-state index is -1.08. The van der Waals surface area contributed by atoms with E-state index in [1.807, 2.05) is 49.8 Å². The predicted molar refractivity (Wildman–Crippen MR) is 152 cm³/mol. The number of benzene rings is 2. The summed E-state index contributed by atoms with van der Waals surface area (Å²) in [6.07, 6.45) is 1.80. The van der Waals surface area contributed by atoms with Crippen molar-refractivity contribution >= 4 is 16.8 Å². The molecule has 0 bridgehead atoms. The predicted octanol–water partition coefficient (Wildman–Crippen LogP) is 4.23. The second kappa shape index (κ2) is 11.4. The molecule has 9 heteroatoms. The van der Waals surface area contributed by atoms with Crippen LogP contribution in [-0.2, 0) is 18.7 Å². The molecule has 9 nitrogen and oxygen atoms in total. The summed E-state index contributed by atoms with van der Waals surface area (Å²) in [4.78, 5) is 20.4. The van der Waals surface area contributed by atoms with Gasteiger partial charge in [0.1, 0.15) is 6.61 Å². The van der Waals surface area contributed by atoms with Crippen LogP contribution in [0.2, 0.25) is 0 Å². The fourth-order valence-corrected chi connectivity index (χ4v) is 4.49. The van der Waals surface area contributed by atoms with Gasteiger partial charge in [0.25, 0.3) is 5.91 Å². The maximum atomic E-state index is 13.9. The van der Waals surface area contributed by atoms with Gasteiger partial charge in [-0.05, 0) is 76.7 Å². The standard InChI is InChI=1S/C30H37N5O4/c1-7-35-19(2)21(17-32-35)18-34(6)29(37)24-16-26(20-8-11-28(27(36)14-20)39-13-12-31-5)33-25-10-9-22(15-23(24)25)30(3,4)38/h8-11,14-17,31,36,38H,7,12-13,18H2,1-6H3. The molecular weight excluding hydrogens is 494 g/mol. The first kappa shape index (κ1) is 28.1. The molecule has 0 atom stereocenters. The number of fused-ring (bicyclic) bond motifs is 1. The number of amides is 1.